The van der Waals surface area contributed by atoms with Gasteiger partial charge < -0.3 is 15.0 Å². The van der Waals surface area contributed by atoms with Crippen LogP contribution in [-0.2, 0) is 9.53 Å². The first-order valence-electron chi connectivity index (χ1n) is 7.18. The first-order valence-corrected chi connectivity index (χ1v) is 7.56. The van der Waals surface area contributed by atoms with Gasteiger partial charge in [-0.05, 0) is 42.5 Å². The van der Waals surface area contributed by atoms with Crippen LogP contribution in [0, 0.1) is 0 Å². The number of nitrogens with one attached hydrogen (secondary N) is 1. The molecule has 0 aliphatic carbocycles. The Morgan fingerprint density at radius 3 is 2.65 bits per heavy atom. The Morgan fingerprint density at radius 1 is 1.17 bits per heavy atom. The van der Waals surface area contributed by atoms with Crippen LogP contribution in [0.3, 0.4) is 0 Å². The number of halogens is 1. The molecule has 0 unspecified atom stereocenters. The van der Waals surface area contributed by atoms with Gasteiger partial charge in [0.25, 0.3) is 11.8 Å². The summed E-state index contributed by atoms with van der Waals surface area (Å²) in [7, 11) is 0. The number of ether oxygens (including phenoxy) is 1. The number of carbonyl (C=O) groups excluding carboxylic acids is 2. The fourth-order valence-corrected chi connectivity index (χ4v) is 2.54. The normalized spacial score (nSPS) is 14.7. The average molecular weight is 331 g/mol. The molecule has 1 aliphatic heterocycles. The standard InChI is InChI=1S/C17H15ClN2O3/c18-13-3-1-2-12(10-13)17(22)19-14-4-6-15(7-5-14)20-8-9-23-11-16(20)21/h1-7,10H,8-9,11H2,(H,19,22). The zero-order valence-corrected chi connectivity index (χ0v) is 13.0. The highest BCUT2D eigenvalue weighted by Gasteiger charge is 2.20. The molecule has 2 amide bonds. The molecule has 0 aromatic heterocycles. The van der Waals surface area contributed by atoms with Gasteiger partial charge in [0.2, 0.25) is 0 Å². The molecule has 1 saturated heterocycles. The van der Waals surface area contributed by atoms with Gasteiger partial charge in [0.15, 0.2) is 0 Å². The van der Waals surface area contributed by atoms with Gasteiger partial charge in [0.1, 0.15) is 6.61 Å². The molecule has 118 valence electrons. The van der Waals surface area contributed by atoms with Crippen molar-refractivity contribution in [3.63, 3.8) is 0 Å². The van der Waals surface area contributed by atoms with Crippen LogP contribution >= 0.6 is 11.6 Å². The zero-order valence-electron chi connectivity index (χ0n) is 12.3. The zero-order chi connectivity index (χ0) is 16.2. The Bertz CT molecular complexity index is 731. The molecule has 0 radical (unpaired) electrons. The molecule has 1 aliphatic rings. The molecule has 0 spiro atoms. The highest BCUT2D eigenvalue weighted by atomic mass is 35.5. The fourth-order valence-electron chi connectivity index (χ4n) is 2.35. The highest BCUT2D eigenvalue weighted by molar-refractivity contribution is 6.31. The van der Waals surface area contributed by atoms with Crippen molar-refractivity contribution in [3.05, 3.63) is 59.1 Å². The van der Waals surface area contributed by atoms with Crippen molar-refractivity contribution in [2.24, 2.45) is 0 Å². The SMILES string of the molecule is O=C(Nc1ccc(N2CCOCC2=O)cc1)c1cccc(Cl)c1. The largest absolute Gasteiger partial charge is 0.370 e. The van der Waals surface area contributed by atoms with E-state index in [0.29, 0.717) is 29.4 Å². The molecule has 1 N–H and O–H groups in total. The number of hydrogen-bond acceptors (Lipinski definition) is 3. The molecule has 5 nitrogen and oxygen atoms in total. The molecule has 0 bridgehead atoms. The second-order valence-corrected chi connectivity index (χ2v) is 5.55. The number of carbonyl (C=O) groups is 2. The molecular formula is C17H15ClN2O3. The minimum Gasteiger partial charge on any atom is -0.370 e. The summed E-state index contributed by atoms with van der Waals surface area (Å²) in [5.41, 5.74) is 1.93. The predicted octanol–water partition coefficient (Wildman–Crippen LogP) is 2.96. The lowest BCUT2D eigenvalue weighted by Gasteiger charge is -2.26. The molecule has 0 atom stereocenters. The maximum atomic E-state index is 12.2. The van der Waals surface area contributed by atoms with Crippen molar-refractivity contribution < 1.29 is 14.3 Å². The molecule has 2 aromatic carbocycles. The first-order chi connectivity index (χ1) is 11.1. The highest BCUT2D eigenvalue weighted by Crippen LogP contribution is 2.20. The third-order valence-corrected chi connectivity index (χ3v) is 3.74. The third-order valence-electron chi connectivity index (χ3n) is 3.51. The molecule has 1 fully saturated rings. The van der Waals surface area contributed by atoms with Gasteiger partial charge in [-0.2, -0.15) is 0 Å². The van der Waals surface area contributed by atoms with Gasteiger partial charge in [0, 0.05) is 28.5 Å². The van der Waals surface area contributed by atoms with Crippen LogP contribution in [0.2, 0.25) is 5.02 Å². The minimum absolute atomic E-state index is 0.0630. The van der Waals surface area contributed by atoms with E-state index in [4.69, 9.17) is 16.3 Å². The van der Waals surface area contributed by atoms with Crippen LogP contribution in [0.5, 0.6) is 0 Å². The second-order valence-electron chi connectivity index (χ2n) is 5.11. The van der Waals surface area contributed by atoms with Crippen LogP contribution in [-0.4, -0.2) is 31.6 Å². The molecular weight excluding hydrogens is 316 g/mol. The van der Waals surface area contributed by atoms with E-state index in [1.807, 2.05) is 0 Å². The van der Waals surface area contributed by atoms with Crippen molar-refractivity contribution in [2.75, 3.05) is 30.0 Å². The lowest BCUT2D eigenvalue weighted by molar-refractivity contribution is -0.125. The van der Waals surface area contributed by atoms with Gasteiger partial charge in [0.05, 0.1) is 6.61 Å². The van der Waals surface area contributed by atoms with Crippen molar-refractivity contribution in [1.29, 1.82) is 0 Å². The average Bonchev–Trinajstić information content (AvgIpc) is 2.56. The number of benzene rings is 2. The Labute approximate surface area is 138 Å². The van der Waals surface area contributed by atoms with Crippen molar-refractivity contribution in [3.8, 4) is 0 Å². The number of morpholine rings is 1. The van der Waals surface area contributed by atoms with E-state index in [1.165, 1.54) is 0 Å². The number of nitrogens with zero attached hydrogens (tertiary/aromatic N) is 1. The fraction of sp³-hybridized carbons (Fsp3) is 0.176. The summed E-state index contributed by atoms with van der Waals surface area (Å²) in [5.74, 6) is -0.297. The predicted molar refractivity (Wildman–Crippen MR) is 89.0 cm³/mol. The Morgan fingerprint density at radius 2 is 1.96 bits per heavy atom. The van der Waals surface area contributed by atoms with Crippen LogP contribution in [0.1, 0.15) is 10.4 Å². The van der Waals surface area contributed by atoms with Gasteiger partial charge in [-0.25, -0.2) is 0 Å². The summed E-state index contributed by atoms with van der Waals surface area (Å²) in [6, 6.07) is 13.9. The van der Waals surface area contributed by atoms with Crippen molar-refractivity contribution in [2.45, 2.75) is 0 Å². The van der Waals surface area contributed by atoms with Crippen molar-refractivity contribution in [1.82, 2.24) is 0 Å². The second kappa shape index (κ2) is 6.81. The van der Waals surface area contributed by atoms with E-state index in [2.05, 4.69) is 5.32 Å². The molecule has 3 rings (SSSR count). The van der Waals surface area contributed by atoms with Gasteiger partial charge in [-0.3, -0.25) is 9.59 Å². The molecule has 23 heavy (non-hydrogen) atoms. The lowest BCUT2D eigenvalue weighted by Crippen LogP contribution is -2.41. The van der Waals surface area contributed by atoms with Gasteiger partial charge >= 0.3 is 0 Å². The maximum Gasteiger partial charge on any atom is 0.255 e. The van der Waals surface area contributed by atoms with E-state index >= 15 is 0 Å². The Balaban J connectivity index is 1.70. The summed E-state index contributed by atoms with van der Waals surface area (Å²) in [5, 5.41) is 3.31. The number of hydrogen-bond donors (Lipinski definition) is 1. The summed E-state index contributed by atoms with van der Waals surface area (Å²) in [4.78, 5) is 25.6. The summed E-state index contributed by atoms with van der Waals surface area (Å²) >= 11 is 5.88. The summed E-state index contributed by atoms with van der Waals surface area (Å²) < 4.78 is 5.11. The van der Waals surface area contributed by atoms with E-state index in [0.717, 1.165) is 5.69 Å². The lowest BCUT2D eigenvalue weighted by atomic mass is 10.2. The summed E-state index contributed by atoms with van der Waals surface area (Å²) in [6.07, 6.45) is 0. The van der Waals surface area contributed by atoms with Crippen LogP contribution in [0.15, 0.2) is 48.5 Å². The van der Waals surface area contributed by atoms with E-state index < -0.39 is 0 Å². The van der Waals surface area contributed by atoms with Crippen LogP contribution in [0.25, 0.3) is 0 Å². The smallest absolute Gasteiger partial charge is 0.255 e. The van der Waals surface area contributed by atoms with Gasteiger partial charge in [-0.15, -0.1) is 0 Å². The third kappa shape index (κ3) is 3.70. The van der Waals surface area contributed by atoms with Crippen LogP contribution in [0.4, 0.5) is 11.4 Å². The first kappa shape index (κ1) is 15.5. The maximum absolute atomic E-state index is 12.2. The van der Waals surface area contributed by atoms with E-state index in [9.17, 15) is 9.59 Å². The number of amides is 2. The number of anilines is 2. The minimum atomic E-state index is -0.234. The van der Waals surface area contributed by atoms with E-state index in [-0.39, 0.29) is 18.4 Å². The molecule has 6 heteroatoms. The Hall–Kier alpha value is -2.37. The Kier molecular flexibility index (Phi) is 4.60. The van der Waals surface area contributed by atoms with E-state index in [1.54, 1.807) is 53.4 Å². The van der Waals surface area contributed by atoms with Crippen molar-refractivity contribution >= 4 is 34.8 Å². The monoisotopic (exact) mass is 330 g/mol. The molecule has 1 heterocycles. The summed E-state index contributed by atoms with van der Waals surface area (Å²) in [6.45, 7) is 1.17. The molecule has 2 aromatic rings. The molecule has 0 saturated carbocycles. The number of rotatable bonds is 3. The quantitative estimate of drug-likeness (QED) is 0.941. The van der Waals surface area contributed by atoms with Crippen LogP contribution < -0.4 is 10.2 Å². The topological polar surface area (TPSA) is 58.6 Å². The van der Waals surface area contributed by atoms with Gasteiger partial charge in [-0.1, -0.05) is 17.7 Å².